The molecule has 0 aliphatic heterocycles. The number of methoxy groups -OCH3 is 1. The number of hydrogen-bond acceptors (Lipinski definition) is 3. The van der Waals surface area contributed by atoms with Crippen LogP contribution in [-0.4, -0.2) is 19.6 Å². The zero-order chi connectivity index (χ0) is 15.2. The maximum absolute atomic E-state index is 12.8. The predicted molar refractivity (Wildman–Crippen MR) is 79.8 cm³/mol. The summed E-state index contributed by atoms with van der Waals surface area (Å²) in [6.45, 7) is 0.460. The first-order chi connectivity index (χ1) is 10.1. The van der Waals surface area contributed by atoms with Crippen LogP contribution in [-0.2, 0) is 6.42 Å². The van der Waals surface area contributed by atoms with Crippen LogP contribution in [0.4, 0.5) is 10.1 Å². The van der Waals surface area contributed by atoms with Gasteiger partial charge in [0.25, 0.3) is 5.91 Å². The summed E-state index contributed by atoms with van der Waals surface area (Å²) in [4.78, 5) is 12.0. The number of rotatable bonds is 5. The monoisotopic (exact) mass is 288 g/mol. The van der Waals surface area contributed by atoms with Gasteiger partial charge in [-0.2, -0.15) is 0 Å². The number of hydrogen-bond donors (Lipinski definition) is 2. The third-order valence-corrected chi connectivity index (χ3v) is 3.04. The van der Waals surface area contributed by atoms with E-state index < -0.39 is 0 Å². The average molecular weight is 288 g/mol. The van der Waals surface area contributed by atoms with Crippen molar-refractivity contribution in [3.05, 3.63) is 59.4 Å². The lowest BCUT2D eigenvalue weighted by Gasteiger charge is -2.08. The molecule has 2 rings (SSSR count). The van der Waals surface area contributed by atoms with Crippen LogP contribution in [0.1, 0.15) is 15.9 Å². The van der Waals surface area contributed by atoms with E-state index in [9.17, 15) is 9.18 Å². The zero-order valence-electron chi connectivity index (χ0n) is 11.7. The Morgan fingerprint density at radius 3 is 2.62 bits per heavy atom. The third kappa shape index (κ3) is 4.21. The summed E-state index contributed by atoms with van der Waals surface area (Å²) < 4.78 is 17.8. The number of nitrogen functional groups attached to an aromatic ring is 1. The van der Waals surface area contributed by atoms with Crippen LogP contribution in [0.25, 0.3) is 0 Å². The first-order valence-electron chi connectivity index (χ1n) is 6.55. The van der Waals surface area contributed by atoms with E-state index in [1.807, 2.05) is 0 Å². The van der Waals surface area contributed by atoms with E-state index in [-0.39, 0.29) is 11.7 Å². The largest absolute Gasteiger partial charge is 0.497 e. The predicted octanol–water partition coefficient (Wildman–Crippen LogP) is 2.39. The fourth-order valence-corrected chi connectivity index (χ4v) is 1.94. The average Bonchev–Trinajstić information content (AvgIpc) is 2.48. The van der Waals surface area contributed by atoms with Crippen molar-refractivity contribution in [1.82, 2.24) is 5.32 Å². The van der Waals surface area contributed by atoms with E-state index in [1.165, 1.54) is 19.2 Å². The van der Waals surface area contributed by atoms with E-state index in [1.54, 1.807) is 30.3 Å². The Hall–Kier alpha value is -2.56. The maximum atomic E-state index is 12.8. The molecule has 3 N–H and O–H groups in total. The van der Waals surface area contributed by atoms with Crippen LogP contribution >= 0.6 is 0 Å². The lowest BCUT2D eigenvalue weighted by Crippen LogP contribution is -2.25. The van der Waals surface area contributed by atoms with Crippen LogP contribution in [0.3, 0.4) is 0 Å². The van der Waals surface area contributed by atoms with Crippen LogP contribution in [0.5, 0.6) is 5.75 Å². The van der Waals surface area contributed by atoms with Crippen LogP contribution in [0.2, 0.25) is 0 Å². The summed E-state index contributed by atoms with van der Waals surface area (Å²) in [6, 6.07) is 11.1. The molecule has 0 saturated heterocycles. The topological polar surface area (TPSA) is 64.3 Å². The highest BCUT2D eigenvalue weighted by Crippen LogP contribution is 2.18. The van der Waals surface area contributed by atoms with Gasteiger partial charge in [-0.1, -0.05) is 12.1 Å². The molecule has 0 fully saturated rings. The second kappa shape index (κ2) is 6.74. The van der Waals surface area contributed by atoms with Gasteiger partial charge in [-0.15, -0.1) is 0 Å². The molecule has 0 spiro atoms. The number of nitrogens with one attached hydrogen (secondary N) is 1. The van der Waals surface area contributed by atoms with E-state index in [2.05, 4.69) is 5.32 Å². The summed E-state index contributed by atoms with van der Waals surface area (Å²) in [5.41, 5.74) is 7.59. The summed E-state index contributed by atoms with van der Waals surface area (Å²) in [6.07, 6.45) is 0.630. The Labute approximate surface area is 122 Å². The minimum Gasteiger partial charge on any atom is -0.497 e. The molecule has 0 aromatic heterocycles. The molecule has 1 amide bonds. The van der Waals surface area contributed by atoms with Crippen molar-refractivity contribution in [2.24, 2.45) is 0 Å². The number of halogens is 1. The number of ether oxygens (including phenoxy) is 1. The van der Waals surface area contributed by atoms with Crippen molar-refractivity contribution in [2.75, 3.05) is 19.4 Å². The van der Waals surface area contributed by atoms with Gasteiger partial charge in [-0.05, 0) is 36.2 Å². The third-order valence-electron chi connectivity index (χ3n) is 3.04. The molecule has 4 nitrogen and oxygen atoms in total. The molecule has 0 aliphatic carbocycles. The second-order valence-electron chi connectivity index (χ2n) is 4.63. The van der Waals surface area contributed by atoms with Crippen molar-refractivity contribution >= 4 is 11.6 Å². The molecule has 0 atom stereocenters. The molecule has 2 aromatic carbocycles. The Balaban J connectivity index is 1.92. The molecule has 110 valence electrons. The number of carbonyl (C=O) groups excluding carboxylic acids is 1. The molecule has 5 heteroatoms. The lowest BCUT2D eigenvalue weighted by atomic mass is 10.1. The number of carbonyl (C=O) groups is 1. The van der Waals surface area contributed by atoms with E-state index in [4.69, 9.17) is 10.5 Å². The molecular weight excluding hydrogens is 271 g/mol. The van der Waals surface area contributed by atoms with Crippen LogP contribution in [0, 0.1) is 5.82 Å². The van der Waals surface area contributed by atoms with Crippen molar-refractivity contribution in [3.63, 3.8) is 0 Å². The van der Waals surface area contributed by atoms with Gasteiger partial charge in [-0.25, -0.2) is 4.39 Å². The fraction of sp³-hybridized carbons (Fsp3) is 0.188. The molecule has 0 heterocycles. The van der Waals surface area contributed by atoms with Gasteiger partial charge in [0.2, 0.25) is 0 Å². The summed E-state index contributed by atoms with van der Waals surface area (Å²) >= 11 is 0. The van der Waals surface area contributed by atoms with Crippen molar-refractivity contribution in [3.8, 4) is 5.75 Å². The first-order valence-corrected chi connectivity index (χ1v) is 6.55. The first kappa shape index (κ1) is 14.8. The highest BCUT2D eigenvalue weighted by atomic mass is 19.1. The number of benzene rings is 2. The molecule has 0 saturated carbocycles. The molecule has 0 radical (unpaired) electrons. The molecule has 2 aromatic rings. The fourth-order valence-electron chi connectivity index (χ4n) is 1.94. The highest BCUT2D eigenvalue weighted by molar-refractivity contribution is 5.95. The number of nitrogens with two attached hydrogens (primary N) is 1. The maximum Gasteiger partial charge on any atom is 0.251 e. The number of anilines is 1. The Morgan fingerprint density at radius 1 is 1.24 bits per heavy atom. The standard InChI is InChI=1S/C16H17FN2O2/c1-21-15-9-12(8-14(18)10-15)16(20)19-7-6-11-2-4-13(17)5-3-11/h2-5,8-10H,6-7,18H2,1H3,(H,19,20). The van der Waals surface area contributed by atoms with Gasteiger partial charge in [-0.3, -0.25) is 4.79 Å². The van der Waals surface area contributed by atoms with Crippen molar-refractivity contribution in [1.29, 1.82) is 0 Å². The number of amides is 1. The van der Waals surface area contributed by atoms with Gasteiger partial charge in [0.1, 0.15) is 11.6 Å². The highest BCUT2D eigenvalue weighted by Gasteiger charge is 2.08. The molecule has 0 bridgehead atoms. The second-order valence-corrected chi connectivity index (χ2v) is 4.63. The molecule has 21 heavy (non-hydrogen) atoms. The minimum absolute atomic E-state index is 0.220. The Kier molecular flexibility index (Phi) is 4.77. The van der Waals surface area contributed by atoms with Gasteiger partial charge >= 0.3 is 0 Å². The van der Waals surface area contributed by atoms with E-state index in [0.29, 0.717) is 30.0 Å². The van der Waals surface area contributed by atoms with Gasteiger partial charge in [0.15, 0.2) is 0 Å². The van der Waals surface area contributed by atoms with Gasteiger partial charge < -0.3 is 15.8 Å². The summed E-state index contributed by atoms with van der Waals surface area (Å²) in [7, 11) is 1.52. The van der Waals surface area contributed by atoms with Crippen molar-refractivity contribution in [2.45, 2.75) is 6.42 Å². The van der Waals surface area contributed by atoms with E-state index >= 15 is 0 Å². The Morgan fingerprint density at radius 2 is 1.95 bits per heavy atom. The minimum atomic E-state index is -0.269. The Bertz CT molecular complexity index is 627. The smallest absolute Gasteiger partial charge is 0.251 e. The van der Waals surface area contributed by atoms with Crippen LogP contribution < -0.4 is 15.8 Å². The SMILES string of the molecule is COc1cc(N)cc(C(=O)NCCc2ccc(F)cc2)c1. The normalized spacial score (nSPS) is 10.2. The van der Waals surface area contributed by atoms with Gasteiger partial charge in [0, 0.05) is 23.9 Å². The van der Waals surface area contributed by atoms with Crippen LogP contribution in [0.15, 0.2) is 42.5 Å². The molecule has 0 aliphatic rings. The molecule has 0 unspecified atom stereocenters. The van der Waals surface area contributed by atoms with Gasteiger partial charge in [0.05, 0.1) is 7.11 Å². The van der Waals surface area contributed by atoms with Crippen molar-refractivity contribution < 1.29 is 13.9 Å². The van der Waals surface area contributed by atoms with E-state index in [0.717, 1.165) is 5.56 Å². The molecular formula is C16H17FN2O2. The summed E-state index contributed by atoms with van der Waals surface area (Å²) in [5.74, 6) is 0.0519. The zero-order valence-corrected chi connectivity index (χ0v) is 11.7. The lowest BCUT2D eigenvalue weighted by molar-refractivity contribution is 0.0954. The quantitative estimate of drug-likeness (QED) is 0.830. The summed E-state index contributed by atoms with van der Waals surface area (Å²) in [5, 5.41) is 2.80.